The molecule has 6 nitrogen and oxygen atoms in total. The number of ether oxygens (including phenoxy) is 1. The number of hydrogen-bond acceptors (Lipinski definition) is 4. The number of fused-ring (bicyclic) bond motifs is 1. The van der Waals surface area contributed by atoms with Crippen LogP contribution in [0, 0.1) is 0 Å². The van der Waals surface area contributed by atoms with Gasteiger partial charge in [0, 0.05) is 38.2 Å². The van der Waals surface area contributed by atoms with E-state index in [0.717, 1.165) is 60.8 Å². The molecule has 0 aliphatic carbocycles. The minimum atomic E-state index is 0.211. The van der Waals surface area contributed by atoms with Crippen molar-refractivity contribution >= 4 is 17.1 Å². The van der Waals surface area contributed by atoms with Crippen molar-refractivity contribution in [1.82, 2.24) is 19.4 Å². The number of benzene rings is 1. The molecule has 1 fully saturated rings. The van der Waals surface area contributed by atoms with E-state index < -0.39 is 0 Å². The molecule has 2 aromatic heterocycles. The second-order valence-corrected chi connectivity index (χ2v) is 7.24. The summed E-state index contributed by atoms with van der Waals surface area (Å²) in [4.78, 5) is 24.0. The number of hydrogen-bond donors (Lipinski definition) is 0. The van der Waals surface area contributed by atoms with Crippen molar-refractivity contribution in [2.24, 2.45) is 0 Å². The fourth-order valence-corrected chi connectivity index (χ4v) is 4.03. The molecule has 4 rings (SSSR count). The van der Waals surface area contributed by atoms with Crippen molar-refractivity contribution in [2.45, 2.75) is 38.6 Å². The van der Waals surface area contributed by atoms with E-state index in [1.54, 1.807) is 7.11 Å². The first kappa shape index (κ1) is 18.5. The first-order valence-electron chi connectivity index (χ1n) is 9.91. The third kappa shape index (κ3) is 3.59. The average Bonchev–Trinajstić information content (AvgIpc) is 3.36. The lowest BCUT2D eigenvalue weighted by Gasteiger charge is -2.17. The highest BCUT2D eigenvalue weighted by molar-refractivity contribution is 5.77. The van der Waals surface area contributed by atoms with Crippen LogP contribution in [-0.2, 0) is 17.8 Å². The van der Waals surface area contributed by atoms with Crippen LogP contribution in [0.25, 0.3) is 11.2 Å². The van der Waals surface area contributed by atoms with Crippen molar-refractivity contribution < 1.29 is 9.53 Å². The smallest absolute Gasteiger partial charge is 0.222 e. The fourth-order valence-electron chi connectivity index (χ4n) is 4.03. The molecule has 3 aromatic rings. The molecule has 1 amide bonds. The maximum atomic E-state index is 12.7. The van der Waals surface area contributed by atoms with Gasteiger partial charge in [-0.05, 0) is 49.6 Å². The van der Waals surface area contributed by atoms with Gasteiger partial charge in [-0.2, -0.15) is 0 Å². The predicted molar refractivity (Wildman–Crippen MR) is 108 cm³/mol. The molecule has 0 N–H and O–H groups in total. The van der Waals surface area contributed by atoms with Gasteiger partial charge in [0.2, 0.25) is 5.91 Å². The minimum Gasteiger partial charge on any atom is -0.497 e. The number of amides is 1. The Kier molecular flexibility index (Phi) is 5.28. The first-order chi connectivity index (χ1) is 13.7. The van der Waals surface area contributed by atoms with Crippen LogP contribution in [0.15, 0.2) is 42.6 Å². The number of methoxy groups -OCH3 is 1. The van der Waals surface area contributed by atoms with E-state index in [1.165, 1.54) is 0 Å². The molecule has 1 saturated heterocycles. The van der Waals surface area contributed by atoms with E-state index in [2.05, 4.69) is 16.5 Å². The quantitative estimate of drug-likeness (QED) is 0.660. The van der Waals surface area contributed by atoms with Crippen LogP contribution in [0.3, 0.4) is 0 Å². The molecule has 0 saturated carbocycles. The summed E-state index contributed by atoms with van der Waals surface area (Å²) in [5, 5.41) is 0. The van der Waals surface area contributed by atoms with E-state index in [1.807, 2.05) is 47.5 Å². The average molecular weight is 378 g/mol. The summed E-state index contributed by atoms with van der Waals surface area (Å²) in [6.45, 7) is 4.48. The zero-order valence-electron chi connectivity index (χ0n) is 16.5. The minimum absolute atomic E-state index is 0.211. The second-order valence-electron chi connectivity index (χ2n) is 7.24. The Morgan fingerprint density at radius 1 is 1.29 bits per heavy atom. The normalized spacial score (nSPS) is 16.6. The van der Waals surface area contributed by atoms with Crippen LogP contribution in [0.2, 0.25) is 0 Å². The van der Waals surface area contributed by atoms with Crippen LogP contribution in [0.5, 0.6) is 5.75 Å². The molecule has 3 heterocycles. The van der Waals surface area contributed by atoms with Gasteiger partial charge in [-0.1, -0.05) is 12.1 Å². The first-order valence-corrected chi connectivity index (χ1v) is 9.91. The van der Waals surface area contributed by atoms with Crippen molar-refractivity contribution in [3.63, 3.8) is 0 Å². The molecule has 1 atom stereocenters. The van der Waals surface area contributed by atoms with Gasteiger partial charge in [0.05, 0.1) is 7.11 Å². The number of aromatic nitrogens is 3. The molecule has 0 unspecified atom stereocenters. The molecule has 6 heteroatoms. The van der Waals surface area contributed by atoms with Gasteiger partial charge < -0.3 is 14.2 Å². The molecule has 1 aliphatic heterocycles. The maximum Gasteiger partial charge on any atom is 0.222 e. The molecule has 28 heavy (non-hydrogen) atoms. The zero-order chi connectivity index (χ0) is 19.5. The summed E-state index contributed by atoms with van der Waals surface area (Å²) in [6, 6.07) is 11.8. The molecule has 146 valence electrons. The van der Waals surface area contributed by atoms with Gasteiger partial charge in [0.1, 0.15) is 17.1 Å². The second kappa shape index (κ2) is 8.00. The van der Waals surface area contributed by atoms with Crippen LogP contribution in [0.1, 0.15) is 37.1 Å². The largest absolute Gasteiger partial charge is 0.497 e. The Bertz CT molecular complexity index is 982. The summed E-state index contributed by atoms with van der Waals surface area (Å²) in [6.07, 6.45) is 4.01. The number of pyridine rings is 1. The van der Waals surface area contributed by atoms with E-state index in [4.69, 9.17) is 9.72 Å². The lowest BCUT2D eigenvalue weighted by molar-refractivity contribution is -0.130. The van der Waals surface area contributed by atoms with Gasteiger partial charge in [-0.25, -0.2) is 9.97 Å². The van der Waals surface area contributed by atoms with Crippen molar-refractivity contribution in [1.29, 1.82) is 0 Å². The van der Waals surface area contributed by atoms with E-state index in [-0.39, 0.29) is 11.8 Å². The third-order valence-corrected chi connectivity index (χ3v) is 5.52. The standard InChI is InChI=1S/C22H26N4O2/c1-3-26-21(24-19-8-5-12-23-22(19)26)17-11-13-25(15-17)20(27)10-9-16-6-4-7-18(14-16)28-2/h4-8,12,14,17H,3,9-11,13,15H2,1-2H3/t17-/m0/s1. The maximum absolute atomic E-state index is 12.7. The number of carbonyl (C=O) groups excluding carboxylic acids is 1. The Labute approximate surface area is 165 Å². The summed E-state index contributed by atoms with van der Waals surface area (Å²) in [5.74, 6) is 2.37. The molecular weight excluding hydrogens is 352 g/mol. The number of likely N-dealkylation sites (tertiary alicyclic amines) is 1. The zero-order valence-corrected chi connectivity index (χ0v) is 16.5. The van der Waals surface area contributed by atoms with Crippen molar-refractivity contribution in [3.8, 4) is 5.75 Å². The Balaban J connectivity index is 1.42. The third-order valence-electron chi connectivity index (χ3n) is 5.52. The van der Waals surface area contributed by atoms with E-state index in [9.17, 15) is 4.79 Å². The van der Waals surface area contributed by atoms with Crippen molar-refractivity contribution in [2.75, 3.05) is 20.2 Å². The fraction of sp³-hybridized carbons (Fsp3) is 0.409. The number of aryl methyl sites for hydroxylation is 2. The van der Waals surface area contributed by atoms with Crippen LogP contribution in [-0.4, -0.2) is 45.5 Å². The summed E-state index contributed by atoms with van der Waals surface area (Å²) < 4.78 is 7.45. The van der Waals surface area contributed by atoms with E-state index >= 15 is 0 Å². The van der Waals surface area contributed by atoms with Gasteiger partial charge in [-0.15, -0.1) is 0 Å². The Morgan fingerprint density at radius 3 is 3.00 bits per heavy atom. The number of imidazole rings is 1. The monoisotopic (exact) mass is 378 g/mol. The summed E-state index contributed by atoms with van der Waals surface area (Å²) in [7, 11) is 1.66. The van der Waals surface area contributed by atoms with Crippen LogP contribution in [0.4, 0.5) is 0 Å². The van der Waals surface area contributed by atoms with Gasteiger partial charge in [-0.3, -0.25) is 4.79 Å². The SMILES string of the molecule is CCn1c([C@H]2CCN(C(=O)CCc3cccc(OC)c3)C2)nc2cccnc21. The predicted octanol–water partition coefficient (Wildman–Crippen LogP) is 3.41. The van der Waals surface area contributed by atoms with Crippen molar-refractivity contribution in [3.05, 3.63) is 54.0 Å². The molecule has 0 spiro atoms. The summed E-state index contributed by atoms with van der Waals surface area (Å²) in [5.41, 5.74) is 2.99. The summed E-state index contributed by atoms with van der Waals surface area (Å²) >= 11 is 0. The van der Waals surface area contributed by atoms with Gasteiger partial charge in [0.15, 0.2) is 5.65 Å². The number of rotatable bonds is 6. The highest BCUT2D eigenvalue weighted by atomic mass is 16.5. The number of carbonyl (C=O) groups is 1. The molecule has 0 radical (unpaired) electrons. The Morgan fingerprint density at radius 2 is 2.18 bits per heavy atom. The van der Waals surface area contributed by atoms with Crippen LogP contribution >= 0.6 is 0 Å². The topological polar surface area (TPSA) is 60.2 Å². The van der Waals surface area contributed by atoms with Gasteiger partial charge >= 0.3 is 0 Å². The molecular formula is C22H26N4O2. The van der Waals surface area contributed by atoms with Gasteiger partial charge in [0.25, 0.3) is 0 Å². The lowest BCUT2D eigenvalue weighted by Crippen LogP contribution is -2.29. The highest BCUT2D eigenvalue weighted by Gasteiger charge is 2.30. The molecule has 0 bridgehead atoms. The molecule has 1 aromatic carbocycles. The van der Waals surface area contributed by atoms with E-state index in [0.29, 0.717) is 6.42 Å². The Hall–Kier alpha value is -2.89. The lowest BCUT2D eigenvalue weighted by atomic mass is 10.1. The van der Waals surface area contributed by atoms with Crippen LogP contribution < -0.4 is 4.74 Å². The highest BCUT2D eigenvalue weighted by Crippen LogP contribution is 2.29. The molecule has 1 aliphatic rings. The number of nitrogens with zero attached hydrogens (tertiary/aromatic N) is 4.